The van der Waals surface area contributed by atoms with Crippen LogP contribution in [-0.2, 0) is 0 Å². The highest BCUT2D eigenvalue weighted by Gasteiger charge is 2.14. The Hall–Kier alpha value is -3.41. The fraction of sp³-hybridized carbons (Fsp3) is 0.190. The van der Waals surface area contributed by atoms with Crippen LogP contribution in [0.3, 0.4) is 0 Å². The van der Waals surface area contributed by atoms with Crippen LogP contribution in [0.25, 0.3) is 11.3 Å². The van der Waals surface area contributed by atoms with E-state index in [2.05, 4.69) is 15.3 Å². The predicted octanol–water partition coefficient (Wildman–Crippen LogP) is 3.65. The van der Waals surface area contributed by atoms with E-state index < -0.39 is 0 Å². The first-order valence-corrected chi connectivity index (χ1v) is 8.51. The lowest BCUT2D eigenvalue weighted by molar-refractivity contribution is 0.0939. The van der Waals surface area contributed by atoms with Crippen LogP contribution < -0.4 is 14.8 Å². The molecule has 1 unspecified atom stereocenters. The number of nitrogens with one attached hydrogen (secondary N) is 1. The molecular formula is C21H21N3O3. The lowest BCUT2D eigenvalue weighted by Crippen LogP contribution is -2.26. The van der Waals surface area contributed by atoms with Crippen LogP contribution in [0.2, 0.25) is 0 Å². The maximum atomic E-state index is 12.5. The summed E-state index contributed by atoms with van der Waals surface area (Å²) in [6.07, 6.45) is 5.01. The molecule has 27 heavy (non-hydrogen) atoms. The molecule has 1 aromatic carbocycles. The Kier molecular flexibility index (Phi) is 5.66. The van der Waals surface area contributed by atoms with Gasteiger partial charge in [0.1, 0.15) is 0 Å². The lowest BCUT2D eigenvalue weighted by atomic mass is 10.1. The summed E-state index contributed by atoms with van der Waals surface area (Å²) in [4.78, 5) is 21.0. The number of carbonyl (C=O) groups is 1. The molecule has 6 heteroatoms. The minimum Gasteiger partial charge on any atom is -0.493 e. The number of carbonyl (C=O) groups excluding carboxylic acids is 1. The molecule has 6 nitrogen and oxygen atoms in total. The minimum atomic E-state index is -0.199. The number of amides is 1. The quantitative estimate of drug-likeness (QED) is 0.724. The summed E-state index contributed by atoms with van der Waals surface area (Å²) in [6.45, 7) is 1.91. The molecule has 0 aliphatic carbocycles. The molecule has 0 spiro atoms. The minimum absolute atomic E-state index is 0.192. The van der Waals surface area contributed by atoms with Crippen LogP contribution in [0.5, 0.6) is 11.5 Å². The molecule has 2 heterocycles. The third-order valence-electron chi connectivity index (χ3n) is 4.24. The average Bonchev–Trinajstić information content (AvgIpc) is 2.73. The number of methoxy groups -OCH3 is 2. The van der Waals surface area contributed by atoms with Crippen molar-refractivity contribution in [3.8, 4) is 22.8 Å². The van der Waals surface area contributed by atoms with E-state index in [1.165, 1.54) is 0 Å². The summed E-state index contributed by atoms with van der Waals surface area (Å²) >= 11 is 0. The van der Waals surface area contributed by atoms with Crippen LogP contribution in [0.1, 0.15) is 28.9 Å². The molecule has 1 atom stereocenters. The number of hydrogen-bond acceptors (Lipinski definition) is 5. The van der Waals surface area contributed by atoms with Gasteiger partial charge >= 0.3 is 0 Å². The number of nitrogens with zero attached hydrogens (tertiary/aromatic N) is 2. The van der Waals surface area contributed by atoms with Crippen LogP contribution in [-0.4, -0.2) is 30.1 Å². The molecular weight excluding hydrogens is 342 g/mol. The van der Waals surface area contributed by atoms with Gasteiger partial charge in [0.25, 0.3) is 5.91 Å². The molecule has 0 radical (unpaired) electrons. The molecule has 1 amide bonds. The van der Waals surface area contributed by atoms with Gasteiger partial charge in [-0.15, -0.1) is 0 Å². The van der Waals surface area contributed by atoms with Crippen LogP contribution in [0.15, 0.2) is 61.1 Å². The van der Waals surface area contributed by atoms with Gasteiger partial charge in [0, 0.05) is 24.2 Å². The topological polar surface area (TPSA) is 73.3 Å². The Bertz CT molecular complexity index is 912. The van der Waals surface area contributed by atoms with Crippen molar-refractivity contribution in [2.24, 2.45) is 0 Å². The van der Waals surface area contributed by atoms with E-state index in [1.54, 1.807) is 38.9 Å². The van der Waals surface area contributed by atoms with Gasteiger partial charge in [0.2, 0.25) is 0 Å². The molecule has 0 saturated carbocycles. The molecule has 0 aliphatic rings. The van der Waals surface area contributed by atoms with Crippen LogP contribution in [0, 0.1) is 0 Å². The van der Waals surface area contributed by atoms with E-state index in [9.17, 15) is 4.79 Å². The van der Waals surface area contributed by atoms with Gasteiger partial charge in [-0.1, -0.05) is 6.07 Å². The van der Waals surface area contributed by atoms with Gasteiger partial charge in [0.05, 0.1) is 31.5 Å². The molecule has 0 aliphatic heterocycles. The highest BCUT2D eigenvalue weighted by atomic mass is 16.5. The second-order valence-electron chi connectivity index (χ2n) is 5.98. The van der Waals surface area contributed by atoms with Crippen molar-refractivity contribution >= 4 is 5.91 Å². The normalized spacial score (nSPS) is 11.5. The first-order chi connectivity index (χ1) is 13.1. The van der Waals surface area contributed by atoms with E-state index in [-0.39, 0.29) is 11.9 Å². The number of pyridine rings is 2. The standard InChI is InChI=1S/C21H21N3O3/c1-14(15-7-9-19(26-2)20(11-15)27-3)24-21(25)17-6-8-18(23-13-17)16-5-4-10-22-12-16/h4-14H,1-3H3,(H,24,25). The predicted molar refractivity (Wildman–Crippen MR) is 103 cm³/mol. The summed E-state index contributed by atoms with van der Waals surface area (Å²) in [6, 6.07) is 12.7. The Morgan fingerprint density at radius 3 is 2.48 bits per heavy atom. The van der Waals surface area contributed by atoms with Crippen molar-refractivity contribution < 1.29 is 14.3 Å². The maximum Gasteiger partial charge on any atom is 0.253 e. The zero-order valence-corrected chi connectivity index (χ0v) is 15.5. The lowest BCUT2D eigenvalue weighted by Gasteiger charge is -2.16. The number of rotatable bonds is 6. The monoisotopic (exact) mass is 363 g/mol. The third kappa shape index (κ3) is 4.23. The average molecular weight is 363 g/mol. The summed E-state index contributed by atoms with van der Waals surface area (Å²) in [7, 11) is 3.17. The molecule has 3 rings (SSSR count). The number of ether oxygens (including phenoxy) is 2. The summed E-state index contributed by atoms with van der Waals surface area (Å²) < 4.78 is 10.6. The van der Waals surface area contributed by atoms with Gasteiger partial charge < -0.3 is 14.8 Å². The Balaban J connectivity index is 1.71. The van der Waals surface area contributed by atoms with Crippen molar-refractivity contribution in [3.63, 3.8) is 0 Å². The number of aromatic nitrogens is 2. The fourth-order valence-corrected chi connectivity index (χ4v) is 2.70. The van der Waals surface area contributed by atoms with Crippen molar-refractivity contribution in [2.75, 3.05) is 14.2 Å². The maximum absolute atomic E-state index is 12.5. The third-order valence-corrected chi connectivity index (χ3v) is 4.24. The largest absolute Gasteiger partial charge is 0.493 e. The smallest absolute Gasteiger partial charge is 0.253 e. The highest BCUT2D eigenvalue weighted by Crippen LogP contribution is 2.30. The van der Waals surface area contributed by atoms with Gasteiger partial charge in [-0.25, -0.2) is 0 Å². The molecule has 3 aromatic rings. The Morgan fingerprint density at radius 1 is 1.04 bits per heavy atom. The zero-order valence-electron chi connectivity index (χ0n) is 15.5. The van der Waals surface area contributed by atoms with E-state index in [0.717, 1.165) is 16.8 Å². The molecule has 0 fully saturated rings. The second-order valence-corrected chi connectivity index (χ2v) is 5.98. The van der Waals surface area contributed by atoms with Crippen molar-refractivity contribution in [2.45, 2.75) is 13.0 Å². The van der Waals surface area contributed by atoms with Crippen molar-refractivity contribution in [3.05, 3.63) is 72.2 Å². The summed E-state index contributed by atoms with van der Waals surface area (Å²) in [5.41, 5.74) is 3.09. The molecule has 1 N–H and O–H groups in total. The highest BCUT2D eigenvalue weighted by molar-refractivity contribution is 5.94. The first-order valence-electron chi connectivity index (χ1n) is 8.51. The van der Waals surface area contributed by atoms with E-state index >= 15 is 0 Å². The SMILES string of the molecule is COc1ccc(C(C)NC(=O)c2ccc(-c3cccnc3)nc2)cc1OC. The van der Waals surface area contributed by atoms with Crippen molar-refractivity contribution in [1.82, 2.24) is 15.3 Å². The van der Waals surface area contributed by atoms with Gasteiger partial charge in [-0.05, 0) is 48.9 Å². The van der Waals surface area contributed by atoms with Crippen LogP contribution in [0.4, 0.5) is 0 Å². The van der Waals surface area contributed by atoms with Crippen molar-refractivity contribution in [1.29, 1.82) is 0 Å². The Morgan fingerprint density at radius 2 is 1.85 bits per heavy atom. The second kappa shape index (κ2) is 8.31. The van der Waals surface area contributed by atoms with Gasteiger partial charge in [-0.2, -0.15) is 0 Å². The molecule has 0 bridgehead atoms. The molecule has 0 saturated heterocycles. The number of benzene rings is 1. The summed E-state index contributed by atoms with van der Waals surface area (Å²) in [5, 5.41) is 2.97. The van der Waals surface area contributed by atoms with Gasteiger partial charge in [-0.3, -0.25) is 14.8 Å². The van der Waals surface area contributed by atoms with E-state index in [0.29, 0.717) is 17.1 Å². The summed E-state index contributed by atoms with van der Waals surface area (Å²) in [5.74, 6) is 1.08. The van der Waals surface area contributed by atoms with E-state index in [1.807, 2.05) is 43.3 Å². The molecule has 138 valence electrons. The number of hydrogen-bond donors (Lipinski definition) is 1. The molecule has 2 aromatic heterocycles. The zero-order chi connectivity index (χ0) is 19.2. The van der Waals surface area contributed by atoms with Crippen LogP contribution >= 0.6 is 0 Å². The Labute approximate surface area is 158 Å². The fourth-order valence-electron chi connectivity index (χ4n) is 2.70. The van der Waals surface area contributed by atoms with Gasteiger partial charge in [0.15, 0.2) is 11.5 Å². The first kappa shape index (κ1) is 18.4. The van der Waals surface area contributed by atoms with E-state index in [4.69, 9.17) is 9.47 Å².